The van der Waals surface area contributed by atoms with Crippen molar-refractivity contribution in [3.8, 4) is 0 Å². The van der Waals surface area contributed by atoms with E-state index in [2.05, 4.69) is 20.8 Å². The highest BCUT2D eigenvalue weighted by molar-refractivity contribution is 4.58. The maximum atomic E-state index is 5.16. The van der Waals surface area contributed by atoms with Crippen molar-refractivity contribution < 1.29 is 4.74 Å². The third-order valence-electron chi connectivity index (χ3n) is 1.92. The number of ether oxygens (including phenoxy) is 1. The Kier molecular flexibility index (Phi) is 4.78. The molecule has 0 radical (unpaired) electrons. The van der Waals surface area contributed by atoms with E-state index in [0.29, 0.717) is 12.0 Å². The maximum absolute atomic E-state index is 5.16. The average molecular weight is 130 g/mol. The second-order valence-electron chi connectivity index (χ2n) is 2.71. The molecule has 0 aliphatic rings. The van der Waals surface area contributed by atoms with Crippen molar-refractivity contribution >= 4 is 0 Å². The van der Waals surface area contributed by atoms with Gasteiger partial charge in [-0.25, -0.2) is 0 Å². The molecular weight excluding hydrogens is 112 g/mol. The van der Waals surface area contributed by atoms with Gasteiger partial charge in [-0.05, 0) is 19.3 Å². The molecule has 56 valence electrons. The second kappa shape index (κ2) is 4.80. The van der Waals surface area contributed by atoms with Crippen molar-refractivity contribution in [1.82, 2.24) is 0 Å². The molecule has 1 heteroatoms. The van der Waals surface area contributed by atoms with Gasteiger partial charge in [0.05, 0.1) is 6.10 Å². The van der Waals surface area contributed by atoms with Crippen molar-refractivity contribution in [2.75, 3.05) is 7.11 Å². The zero-order valence-corrected chi connectivity index (χ0v) is 6.98. The van der Waals surface area contributed by atoms with Crippen LogP contribution in [0.5, 0.6) is 0 Å². The Balaban J connectivity index is 3.32. The molecule has 0 spiro atoms. The van der Waals surface area contributed by atoms with Crippen LogP contribution >= 0.6 is 0 Å². The molecule has 1 nitrogen and oxygen atoms in total. The summed E-state index contributed by atoms with van der Waals surface area (Å²) in [5, 5.41) is 0. The fourth-order valence-electron chi connectivity index (χ4n) is 0.922. The highest BCUT2D eigenvalue weighted by Gasteiger charge is 2.08. The van der Waals surface area contributed by atoms with Gasteiger partial charge in [0.2, 0.25) is 0 Å². The molecule has 0 saturated heterocycles. The highest BCUT2D eigenvalue weighted by atomic mass is 16.5. The van der Waals surface area contributed by atoms with Crippen molar-refractivity contribution in [3.63, 3.8) is 0 Å². The molecule has 0 saturated carbocycles. The first-order chi connectivity index (χ1) is 4.22. The van der Waals surface area contributed by atoms with Gasteiger partial charge in [0.25, 0.3) is 0 Å². The third-order valence-corrected chi connectivity index (χ3v) is 1.92. The van der Waals surface area contributed by atoms with Gasteiger partial charge in [0, 0.05) is 7.11 Å². The van der Waals surface area contributed by atoms with Crippen LogP contribution in [0.1, 0.15) is 33.6 Å². The Bertz CT molecular complexity index is 61.6. The molecule has 0 aromatic carbocycles. The van der Waals surface area contributed by atoms with Crippen LogP contribution in [-0.4, -0.2) is 13.2 Å². The SMILES string of the molecule is CCCC(C)C(C)OC. The van der Waals surface area contributed by atoms with E-state index in [-0.39, 0.29) is 0 Å². The van der Waals surface area contributed by atoms with Gasteiger partial charge in [-0.2, -0.15) is 0 Å². The normalized spacial score (nSPS) is 17.3. The van der Waals surface area contributed by atoms with E-state index in [1.807, 2.05) is 0 Å². The molecule has 2 unspecified atom stereocenters. The third kappa shape index (κ3) is 3.52. The van der Waals surface area contributed by atoms with Gasteiger partial charge in [0.15, 0.2) is 0 Å². The van der Waals surface area contributed by atoms with E-state index in [1.54, 1.807) is 7.11 Å². The molecule has 0 aliphatic carbocycles. The minimum atomic E-state index is 0.421. The Morgan fingerprint density at radius 2 is 1.89 bits per heavy atom. The molecule has 0 rings (SSSR count). The standard InChI is InChI=1S/C8H18O/c1-5-6-7(2)8(3)9-4/h7-8H,5-6H2,1-4H3. The summed E-state index contributed by atoms with van der Waals surface area (Å²) < 4.78 is 5.16. The molecule has 0 bridgehead atoms. The molecule has 0 aromatic heterocycles. The molecule has 0 heterocycles. The van der Waals surface area contributed by atoms with E-state index in [1.165, 1.54) is 12.8 Å². The topological polar surface area (TPSA) is 9.23 Å². The Morgan fingerprint density at radius 1 is 1.33 bits per heavy atom. The van der Waals surface area contributed by atoms with Crippen LogP contribution in [0.2, 0.25) is 0 Å². The first-order valence-electron chi connectivity index (χ1n) is 3.75. The van der Waals surface area contributed by atoms with Gasteiger partial charge in [-0.15, -0.1) is 0 Å². The predicted molar refractivity (Wildman–Crippen MR) is 40.5 cm³/mol. The van der Waals surface area contributed by atoms with Crippen LogP contribution in [0.3, 0.4) is 0 Å². The molecule has 0 N–H and O–H groups in total. The summed E-state index contributed by atoms with van der Waals surface area (Å²) in [6.45, 7) is 6.57. The van der Waals surface area contributed by atoms with E-state index >= 15 is 0 Å². The van der Waals surface area contributed by atoms with Gasteiger partial charge in [-0.1, -0.05) is 20.3 Å². The number of hydrogen-bond acceptors (Lipinski definition) is 1. The molecule has 0 amide bonds. The van der Waals surface area contributed by atoms with E-state index in [9.17, 15) is 0 Å². The van der Waals surface area contributed by atoms with Crippen LogP contribution in [0.25, 0.3) is 0 Å². The van der Waals surface area contributed by atoms with Crippen LogP contribution in [0.15, 0.2) is 0 Å². The Morgan fingerprint density at radius 3 is 2.22 bits per heavy atom. The summed E-state index contributed by atoms with van der Waals surface area (Å²) in [5.41, 5.74) is 0. The second-order valence-corrected chi connectivity index (χ2v) is 2.71. The Hall–Kier alpha value is -0.0400. The predicted octanol–water partition coefficient (Wildman–Crippen LogP) is 2.46. The van der Waals surface area contributed by atoms with Crippen LogP contribution in [0.4, 0.5) is 0 Å². The first-order valence-corrected chi connectivity index (χ1v) is 3.75. The lowest BCUT2D eigenvalue weighted by atomic mass is 10.0. The van der Waals surface area contributed by atoms with Crippen molar-refractivity contribution in [2.45, 2.75) is 39.7 Å². The lowest BCUT2D eigenvalue weighted by molar-refractivity contribution is 0.0701. The zero-order chi connectivity index (χ0) is 7.28. The molecule has 0 aliphatic heterocycles. The van der Waals surface area contributed by atoms with Crippen molar-refractivity contribution in [3.05, 3.63) is 0 Å². The summed E-state index contributed by atoms with van der Waals surface area (Å²) in [5.74, 6) is 0.708. The fraction of sp³-hybridized carbons (Fsp3) is 1.00. The maximum Gasteiger partial charge on any atom is 0.0568 e. The van der Waals surface area contributed by atoms with Gasteiger partial charge in [0.1, 0.15) is 0 Å². The number of hydrogen-bond donors (Lipinski definition) is 0. The lowest BCUT2D eigenvalue weighted by Crippen LogP contribution is -2.15. The summed E-state index contributed by atoms with van der Waals surface area (Å²) in [7, 11) is 1.77. The zero-order valence-electron chi connectivity index (χ0n) is 6.98. The summed E-state index contributed by atoms with van der Waals surface area (Å²) in [4.78, 5) is 0. The fourth-order valence-corrected chi connectivity index (χ4v) is 0.922. The van der Waals surface area contributed by atoms with E-state index in [4.69, 9.17) is 4.74 Å². The number of methoxy groups -OCH3 is 1. The summed E-state index contributed by atoms with van der Waals surface area (Å²) >= 11 is 0. The summed E-state index contributed by atoms with van der Waals surface area (Å²) in [6, 6.07) is 0. The van der Waals surface area contributed by atoms with Crippen LogP contribution in [0, 0.1) is 5.92 Å². The Labute approximate surface area is 58.4 Å². The van der Waals surface area contributed by atoms with Crippen LogP contribution < -0.4 is 0 Å². The molecular formula is C8H18O. The van der Waals surface area contributed by atoms with Gasteiger partial charge in [-0.3, -0.25) is 0 Å². The quantitative estimate of drug-likeness (QED) is 0.568. The first kappa shape index (κ1) is 8.96. The molecule has 2 atom stereocenters. The van der Waals surface area contributed by atoms with Gasteiger partial charge < -0.3 is 4.74 Å². The minimum Gasteiger partial charge on any atom is -0.381 e. The lowest BCUT2D eigenvalue weighted by Gasteiger charge is -2.16. The minimum absolute atomic E-state index is 0.421. The average Bonchev–Trinajstić information content (AvgIpc) is 1.87. The largest absolute Gasteiger partial charge is 0.381 e. The van der Waals surface area contributed by atoms with E-state index in [0.717, 1.165) is 0 Å². The highest BCUT2D eigenvalue weighted by Crippen LogP contribution is 2.11. The monoisotopic (exact) mass is 130 g/mol. The van der Waals surface area contributed by atoms with Crippen molar-refractivity contribution in [1.29, 1.82) is 0 Å². The number of rotatable bonds is 4. The van der Waals surface area contributed by atoms with Crippen molar-refractivity contribution in [2.24, 2.45) is 5.92 Å². The van der Waals surface area contributed by atoms with Crippen LogP contribution in [-0.2, 0) is 4.74 Å². The smallest absolute Gasteiger partial charge is 0.0568 e. The molecule has 0 fully saturated rings. The summed E-state index contributed by atoms with van der Waals surface area (Å²) in [6.07, 6.45) is 2.95. The van der Waals surface area contributed by atoms with Gasteiger partial charge >= 0.3 is 0 Å². The van der Waals surface area contributed by atoms with E-state index < -0.39 is 0 Å². The molecule has 0 aromatic rings. The molecule has 9 heavy (non-hydrogen) atoms.